The van der Waals surface area contributed by atoms with Crippen LogP contribution in [0.1, 0.15) is 24.0 Å². The summed E-state index contributed by atoms with van der Waals surface area (Å²) in [4.78, 5) is 18.1. The van der Waals surface area contributed by atoms with Gasteiger partial charge in [0, 0.05) is 42.0 Å². The van der Waals surface area contributed by atoms with Crippen LogP contribution in [0.2, 0.25) is 0 Å². The van der Waals surface area contributed by atoms with Crippen LogP contribution in [0.25, 0.3) is 10.8 Å². The average molecular weight is 465 g/mol. The van der Waals surface area contributed by atoms with Crippen molar-refractivity contribution in [3.05, 3.63) is 65.6 Å². The number of benzene rings is 2. The number of amides is 1. The normalized spacial score (nSPS) is 21.7. The summed E-state index contributed by atoms with van der Waals surface area (Å²) in [6.45, 7) is 1.90. The molecule has 1 saturated heterocycles. The lowest BCUT2D eigenvalue weighted by Crippen LogP contribution is -2.35. The molecular formula is C26H29FN4O3. The molecule has 2 fully saturated rings. The number of aromatic nitrogens is 1. The zero-order chi connectivity index (χ0) is 23.7. The van der Waals surface area contributed by atoms with Crippen LogP contribution in [0.5, 0.6) is 0 Å². The molecule has 1 saturated carbocycles. The van der Waals surface area contributed by atoms with E-state index in [1.165, 1.54) is 13.5 Å². The predicted octanol–water partition coefficient (Wildman–Crippen LogP) is 4.77. The van der Waals surface area contributed by atoms with Gasteiger partial charge in [0.2, 0.25) is 0 Å². The summed E-state index contributed by atoms with van der Waals surface area (Å²) in [6, 6.07) is 13.5. The molecule has 0 radical (unpaired) electrons. The molecule has 7 nitrogen and oxygen atoms in total. The Hall–Kier alpha value is -3.23. The molecule has 34 heavy (non-hydrogen) atoms. The molecule has 2 unspecified atom stereocenters. The maximum Gasteiger partial charge on any atom is 0.412 e. The van der Waals surface area contributed by atoms with Gasteiger partial charge in [0.05, 0.1) is 19.8 Å². The first-order valence-electron chi connectivity index (χ1n) is 11.6. The highest BCUT2D eigenvalue weighted by Gasteiger charge is 2.43. The quantitative estimate of drug-likeness (QED) is 0.525. The van der Waals surface area contributed by atoms with Crippen LogP contribution in [-0.4, -0.2) is 48.8 Å². The average Bonchev–Trinajstić information content (AvgIpc) is 3.41. The van der Waals surface area contributed by atoms with Gasteiger partial charge in [0.1, 0.15) is 11.6 Å². The van der Waals surface area contributed by atoms with E-state index in [2.05, 4.69) is 32.3 Å². The van der Waals surface area contributed by atoms with Crippen molar-refractivity contribution in [2.45, 2.75) is 38.1 Å². The minimum atomic E-state index is -0.574. The summed E-state index contributed by atoms with van der Waals surface area (Å²) >= 11 is 0. The van der Waals surface area contributed by atoms with Gasteiger partial charge in [-0.2, -0.15) is 0 Å². The number of nitrogens with one attached hydrogen (secondary N) is 2. The second-order valence-corrected chi connectivity index (χ2v) is 9.17. The lowest BCUT2D eigenvalue weighted by atomic mass is 10.1. The number of piperidine rings is 1. The SMILES string of the molecule is COC(=O)Nc1nccc2cc(NCc3ccc(CO[C@@H]4CC5CC4CN5C)cc3F)ccc12. The predicted molar refractivity (Wildman–Crippen MR) is 129 cm³/mol. The third kappa shape index (κ3) is 4.69. The number of nitrogens with zero attached hydrogens (tertiary/aromatic N) is 2. The molecule has 2 N–H and O–H groups in total. The van der Waals surface area contributed by atoms with Crippen LogP contribution in [0, 0.1) is 11.7 Å². The van der Waals surface area contributed by atoms with E-state index in [1.54, 1.807) is 12.3 Å². The standard InChI is InChI=1S/C26H29FN4O3/c1-31-14-19-11-21(31)12-24(19)34-15-16-3-4-18(23(27)9-16)13-29-20-5-6-22-17(10-20)7-8-28-25(22)30-26(32)33-2/h3-10,19,21,24,29H,11-15H2,1-2H3,(H,28,30,32)/t19?,21?,24-/m1/s1. The maximum atomic E-state index is 14.8. The van der Waals surface area contributed by atoms with E-state index < -0.39 is 6.09 Å². The number of halogens is 1. The molecule has 2 aliphatic rings. The number of pyridine rings is 1. The highest BCUT2D eigenvalue weighted by atomic mass is 19.1. The van der Waals surface area contributed by atoms with Crippen LogP contribution in [0.15, 0.2) is 48.7 Å². The molecule has 3 aromatic rings. The number of carbonyl (C=O) groups is 1. The van der Waals surface area contributed by atoms with Gasteiger partial charge in [-0.1, -0.05) is 12.1 Å². The number of hydrogen-bond donors (Lipinski definition) is 2. The Morgan fingerprint density at radius 2 is 2.09 bits per heavy atom. The van der Waals surface area contributed by atoms with E-state index in [1.807, 2.05) is 36.4 Å². The molecule has 0 spiro atoms. The number of methoxy groups -OCH3 is 1. The van der Waals surface area contributed by atoms with Gasteiger partial charge in [-0.15, -0.1) is 0 Å². The molecule has 2 bridgehead atoms. The van der Waals surface area contributed by atoms with Crippen LogP contribution < -0.4 is 10.6 Å². The molecular weight excluding hydrogens is 435 g/mol. The number of carbonyl (C=O) groups excluding carboxylic acids is 1. The largest absolute Gasteiger partial charge is 0.453 e. The minimum absolute atomic E-state index is 0.240. The number of rotatable bonds is 7. The van der Waals surface area contributed by atoms with Crippen molar-refractivity contribution in [1.82, 2.24) is 9.88 Å². The summed E-state index contributed by atoms with van der Waals surface area (Å²) in [5.74, 6) is 0.793. The van der Waals surface area contributed by atoms with E-state index in [-0.39, 0.29) is 11.9 Å². The number of anilines is 2. The molecule has 1 aliphatic carbocycles. The number of hydrogen-bond acceptors (Lipinski definition) is 6. The van der Waals surface area contributed by atoms with Crippen molar-refractivity contribution < 1.29 is 18.7 Å². The zero-order valence-corrected chi connectivity index (χ0v) is 19.4. The fraction of sp³-hybridized carbons (Fsp3) is 0.385. The van der Waals surface area contributed by atoms with E-state index in [4.69, 9.17) is 4.74 Å². The molecule has 2 heterocycles. The minimum Gasteiger partial charge on any atom is -0.453 e. The van der Waals surface area contributed by atoms with Crippen molar-refractivity contribution in [2.75, 3.05) is 31.3 Å². The second-order valence-electron chi connectivity index (χ2n) is 9.17. The van der Waals surface area contributed by atoms with Crippen LogP contribution in [-0.2, 0) is 22.6 Å². The lowest BCUT2D eigenvalue weighted by Gasteiger charge is -2.28. The Labute approximate surface area is 198 Å². The summed E-state index contributed by atoms with van der Waals surface area (Å²) in [5.41, 5.74) is 2.30. The molecule has 2 aromatic carbocycles. The smallest absolute Gasteiger partial charge is 0.412 e. The Balaban J connectivity index is 1.19. The molecule has 1 aliphatic heterocycles. The molecule has 5 rings (SSSR count). The fourth-order valence-corrected chi connectivity index (χ4v) is 5.09. The van der Waals surface area contributed by atoms with E-state index in [0.29, 0.717) is 36.5 Å². The van der Waals surface area contributed by atoms with Crippen molar-refractivity contribution >= 4 is 28.4 Å². The van der Waals surface area contributed by atoms with Gasteiger partial charge >= 0.3 is 6.09 Å². The van der Waals surface area contributed by atoms with E-state index in [0.717, 1.165) is 35.0 Å². The van der Waals surface area contributed by atoms with Crippen LogP contribution in [0.3, 0.4) is 0 Å². The summed E-state index contributed by atoms with van der Waals surface area (Å²) in [5, 5.41) is 7.57. The second kappa shape index (κ2) is 9.56. The molecule has 3 atom stereocenters. The molecule has 8 heteroatoms. The van der Waals surface area contributed by atoms with Crippen LogP contribution >= 0.6 is 0 Å². The Bertz CT molecular complexity index is 1200. The Morgan fingerprint density at radius 3 is 2.82 bits per heavy atom. The first kappa shape index (κ1) is 22.6. The number of fused-ring (bicyclic) bond motifs is 3. The summed E-state index contributed by atoms with van der Waals surface area (Å²) in [6.07, 6.45) is 3.63. The maximum absolute atomic E-state index is 14.8. The molecule has 1 aromatic heterocycles. The van der Waals surface area contributed by atoms with Crippen LogP contribution in [0.4, 0.5) is 20.7 Å². The monoisotopic (exact) mass is 464 g/mol. The van der Waals surface area contributed by atoms with Gasteiger partial charge in [0.25, 0.3) is 0 Å². The highest BCUT2D eigenvalue weighted by Crippen LogP contribution is 2.38. The number of likely N-dealkylation sites (tertiary alicyclic amines) is 1. The van der Waals surface area contributed by atoms with E-state index >= 15 is 0 Å². The third-order valence-electron chi connectivity index (χ3n) is 6.99. The number of ether oxygens (including phenoxy) is 2. The lowest BCUT2D eigenvalue weighted by molar-refractivity contribution is -0.00641. The highest BCUT2D eigenvalue weighted by molar-refractivity contribution is 5.99. The van der Waals surface area contributed by atoms with Gasteiger partial charge in [-0.05, 0) is 67.1 Å². The first-order chi connectivity index (χ1) is 16.5. The first-order valence-corrected chi connectivity index (χ1v) is 11.6. The summed E-state index contributed by atoms with van der Waals surface area (Å²) in [7, 11) is 3.48. The molecule has 1 amide bonds. The van der Waals surface area contributed by atoms with Gasteiger partial charge in [-0.25, -0.2) is 14.2 Å². The zero-order valence-electron chi connectivity index (χ0n) is 19.4. The van der Waals surface area contributed by atoms with Crippen molar-refractivity contribution in [2.24, 2.45) is 5.92 Å². The Kier molecular flexibility index (Phi) is 6.34. The molecule has 178 valence electrons. The summed E-state index contributed by atoms with van der Waals surface area (Å²) < 4.78 is 25.5. The van der Waals surface area contributed by atoms with Crippen molar-refractivity contribution in [1.29, 1.82) is 0 Å². The van der Waals surface area contributed by atoms with Gasteiger partial charge < -0.3 is 19.7 Å². The third-order valence-corrected chi connectivity index (χ3v) is 6.99. The van der Waals surface area contributed by atoms with Crippen molar-refractivity contribution in [3.63, 3.8) is 0 Å². The van der Waals surface area contributed by atoms with Crippen molar-refractivity contribution in [3.8, 4) is 0 Å². The van der Waals surface area contributed by atoms with E-state index in [9.17, 15) is 9.18 Å². The topological polar surface area (TPSA) is 75.7 Å². The Morgan fingerprint density at radius 1 is 1.21 bits per heavy atom. The van der Waals surface area contributed by atoms with Gasteiger partial charge in [0.15, 0.2) is 0 Å². The fourth-order valence-electron chi connectivity index (χ4n) is 5.09. The van der Waals surface area contributed by atoms with Gasteiger partial charge in [-0.3, -0.25) is 5.32 Å².